The quantitative estimate of drug-likeness (QED) is 0.485. The smallest absolute Gasteiger partial charge is 0.254 e. The zero-order valence-corrected chi connectivity index (χ0v) is 19.9. The summed E-state index contributed by atoms with van der Waals surface area (Å²) < 4.78 is 6.98. The fraction of sp³-hybridized carbons (Fsp3) is 0.440. The molecule has 1 aromatic carbocycles. The van der Waals surface area contributed by atoms with Gasteiger partial charge in [0.05, 0.1) is 11.6 Å². The lowest BCUT2D eigenvalue weighted by Gasteiger charge is -2.68. The summed E-state index contributed by atoms with van der Waals surface area (Å²) in [5, 5.41) is 11.5. The molecule has 2 heterocycles. The summed E-state index contributed by atoms with van der Waals surface area (Å²) in [4.78, 5) is 24.9. The zero-order valence-electron chi connectivity index (χ0n) is 19.9. The molecule has 6 rings (SSSR count). The molecule has 2 aromatic heterocycles. The van der Waals surface area contributed by atoms with Crippen LogP contribution in [0.3, 0.4) is 0 Å². The molecule has 178 valence electrons. The molecule has 0 spiro atoms. The number of nitrogens with two attached hydrogens (primary N) is 2. The van der Waals surface area contributed by atoms with E-state index in [0.717, 1.165) is 30.5 Å². The van der Waals surface area contributed by atoms with Crippen molar-refractivity contribution in [3.8, 4) is 11.3 Å². The number of primary amides is 1. The summed E-state index contributed by atoms with van der Waals surface area (Å²) in [6.07, 6.45) is 3.42. The first-order valence-corrected chi connectivity index (χ1v) is 11.6. The van der Waals surface area contributed by atoms with Crippen LogP contribution in [0, 0.1) is 5.41 Å². The Morgan fingerprint density at radius 2 is 1.79 bits per heavy atom. The van der Waals surface area contributed by atoms with Gasteiger partial charge in [0, 0.05) is 23.1 Å². The number of carbonyl (C=O) groups excluding carboxylic acids is 2. The van der Waals surface area contributed by atoms with Gasteiger partial charge in [-0.3, -0.25) is 14.9 Å². The summed E-state index contributed by atoms with van der Waals surface area (Å²) in [7, 11) is 0. The van der Waals surface area contributed by atoms with E-state index >= 15 is 0 Å². The van der Waals surface area contributed by atoms with E-state index in [1.54, 1.807) is 4.68 Å². The minimum Gasteiger partial charge on any atom is -0.383 e. The predicted octanol–water partition coefficient (Wildman–Crippen LogP) is 3.98. The number of nitrogen functional groups attached to an aromatic ring is 1. The first-order valence-electron chi connectivity index (χ1n) is 11.6. The van der Waals surface area contributed by atoms with Gasteiger partial charge in [-0.15, -0.1) is 0 Å². The van der Waals surface area contributed by atoms with Gasteiger partial charge in [0.15, 0.2) is 0 Å². The Hall–Kier alpha value is -3.62. The third-order valence-corrected chi connectivity index (χ3v) is 7.36. The third kappa shape index (κ3) is 3.38. The number of aromatic nitrogens is 3. The number of benzene rings is 1. The van der Waals surface area contributed by atoms with Crippen molar-refractivity contribution in [2.75, 3.05) is 11.1 Å². The Morgan fingerprint density at radius 1 is 1.15 bits per heavy atom. The Balaban J connectivity index is 1.30. The van der Waals surface area contributed by atoms with Crippen LogP contribution < -0.4 is 16.8 Å². The second kappa shape index (κ2) is 7.44. The summed E-state index contributed by atoms with van der Waals surface area (Å²) in [6, 6.07) is 9.13. The first kappa shape index (κ1) is 22.2. The van der Waals surface area contributed by atoms with Crippen LogP contribution in [0.25, 0.3) is 11.3 Å². The monoisotopic (exact) mass is 462 g/mol. The van der Waals surface area contributed by atoms with E-state index in [4.69, 9.17) is 16.0 Å². The first-order chi connectivity index (χ1) is 16.0. The molecule has 0 radical (unpaired) electrons. The standard InChI is InChI=1S/C25H30N6O3/c1-13(2)31-21(26)19(22(27)32)20(29-31)16-7-5-15(6-8-16)14(3)23(33)28-18-9-17(30-34-18)25-10-24(4,11-25)12-25/h5-9,13-14H,10-12,26H2,1-4H3,(H2,27,32)(H,28,33). The second-order valence-electron chi connectivity index (χ2n) is 10.5. The molecule has 5 N–H and O–H groups in total. The lowest BCUT2D eigenvalue weighted by Crippen LogP contribution is -2.62. The van der Waals surface area contributed by atoms with Crippen LogP contribution in [-0.4, -0.2) is 26.8 Å². The number of rotatable bonds is 7. The van der Waals surface area contributed by atoms with E-state index in [1.165, 1.54) is 0 Å². The van der Waals surface area contributed by atoms with Gasteiger partial charge in [0.25, 0.3) is 5.91 Å². The Labute approximate surface area is 197 Å². The molecule has 3 saturated carbocycles. The minimum absolute atomic E-state index is 0.0239. The van der Waals surface area contributed by atoms with Crippen LogP contribution in [0.1, 0.15) is 80.5 Å². The van der Waals surface area contributed by atoms with Crippen LogP contribution in [0.2, 0.25) is 0 Å². The number of hydrogen-bond acceptors (Lipinski definition) is 6. The molecular weight excluding hydrogens is 432 g/mol. The SMILES string of the molecule is CC(C(=O)Nc1cc(C23CC(C)(C2)C3)no1)c1ccc(-c2nn(C(C)C)c(N)c2C(N)=O)cc1. The zero-order chi connectivity index (χ0) is 24.4. The van der Waals surface area contributed by atoms with Crippen molar-refractivity contribution in [1.82, 2.24) is 14.9 Å². The fourth-order valence-corrected chi connectivity index (χ4v) is 5.75. The van der Waals surface area contributed by atoms with Crippen molar-refractivity contribution in [1.29, 1.82) is 0 Å². The van der Waals surface area contributed by atoms with E-state index in [-0.39, 0.29) is 28.7 Å². The maximum Gasteiger partial charge on any atom is 0.254 e. The topological polar surface area (TPSA) is 142 Å². The van der Waals surface area contributed by atoms with Crippen molar-refractivity contribution in [3.05, 3.63) is 47.2 Å². The molecule has 3 aliphatic carbocycles. The summed E-state index contributed by atoms with van der Waals surface area (Å²) >= 11 is 0. The molecule has 2 amide bonds. The van der Waals surface area contributed by atoms with Crippen molar-refractivity contribution in [3.63, 3.8) is 0 Å². The molecule has 3 fully saturated rings. The highest BCUT2D eigenvalue weighted by Crippen LogP contribution is 2.73. The molecule has 2 bridgehead atoms. The van der Waals surface area contributed by atoms with Gasteiger partial charge >= 0.3 is 0 Å². The maximum absolute atomic E-state index is 12.8. The van der Waals surface area contributed by atoms with Crippen LogP contribution in [0.15, 0.2) is 34.9 Å². The number of carbonyl (C=O) groups is 2. The largest absolute Gasteiger partial charge is 0.383 e. The molecule has 0 saturated heterocycles. The molecule has 3 aliphatic rings. The van der Waals surface area contributed by atoms with E-state index in [1.807, 2.05) is 51.1 Å². The lowest BCUT2D eigenvalue weighted by molar-refractivity contribution is -0.129. The molecular formula is C25H30N6O3. The Morgan fingerprint density at radius 3 is 2.35 bits per heavy atom. The van der Waals surface area contributed by atoms with Crippen molar-refractivity contribution >= 4 is 23.5 Å². The van der Waals surface area contributed by atoms with Gasteiger partial charge < -0.3 is 16.0 Å². The molecule has 9 nitrogen and oxygen atoms in total. The van der Waals surface area contributed by atoms with E-state index in [0.29, 0.717) is 22.6 Å². The highest BCUT2D eigenvalue weighted by Gasteiger charge is 2.66. The van der Waals surface area contributed by atoms with Crippen LogP contribution in [0.4, 0.5) is 11.7 Å². The second-order valence-corrected chi connectivity index (χ2v) is 10.5. The van der Waals surface area contributed by atoms with Gasteiger partial charge in [0.2, 0.25) is 11.8 Å². The van der Waals surface area contributed by atoms with E-state index < -0.39 is 11.8 Å². The van der Waals surface area contributed by atoms with Gasteiger partial charge in [0.1, 0.15) is 17.1 Å². The molecule has 3 aromatic rings. The molecule has 34 heavy (non-hydrogen) atoms. The number of hydrogen-bond donors (Lipinski definition) is 3. The minimum atomic E-state index is -0.629. The predicted molar refractivity (Wildman–Crippen MR) is 128 cm³/mol. The van der Waals surface area contributed by atoms with Crippen molar-refractivity contribution < 1.29 is 14.1 Å². The maximum atomic E-state index is 12.8. The van der Waals surface area contributed by atoms with Gasteiger partial charge in [-0.2, -0.15) is 5.10 Å². The Bertz CT molecular complexity index is 1270. The van der Waals surface area contributed by atoms with Crippen molar-refractivity contribution in [2.24, 2.45) is 11.1 Å². The number of amides is 2. The van der Waals surface area contributed by atoms with Crippen LogP contribution in [0.5, 0.6) is 0 Å². The third-order valence-electron chi connectivity index (χ3n) is 7.36. The summed E-state index contributed by atoms with van der Waals surface area (Å²) in [6.45, 7) is 7.97. The highest BCUT2D eigenvalue weighted by molar-refractivity contribution is 6.03. The summed E-state index contributed by atoms with van der Waals surface area (Å²) in [5.41, 5.74) is 15.4. The van der Waals surface area contributed by atoms with Gasteiger partial charge in [-0.25, -0.2) is 4.68 Å². The van der Waals surface area contributed by atoms with Gasteiger partial charge in [-0.05, 0) is 51.0 Å². The van der Waals surface area contributed by atoms with Crippen LogP contribution in [-0.2, 0) is 10.2 Å². The number of nitrogens with zero attached hydrogens (tertiary/aromatic N) is 3. The molecule has 1 atom stereocenters. The Kier molecular flexibility index (Phi) is 4.86. The fourth-order valence-electron chi connectivity index (χ4n) is 5.75. The van der Waals surface area contributed by atoms with Gasteiger partial charge in [-0.1, -0.05) is 36.3 Å². The molecule has 0 aliphatic heterocycles. The normalized spacial score (nSPS) is 23.8. The number of nitrogens with one attached hydrogen (secondary N) is 1. The molecule has 9 heteroatoms. The number of anilines is 2. The van der Waals surface area contributed by atoms with E-state index in [2.05, 4.69) is 22.5 Å². The summed E-state index contributed by atoms with van der Waals surface area (Å²) in [5.74, 6) is -0.625. The molecule has 1 unspecified atom stereocenters. The highest BCUT2D eigenvalue weighted by atomic mass is 16.5. The van der Waals surface area contributed by atoms with E-state index in [9.17, 15) is 9.59 Å². The van der Waals surface area contributed by atoms with Crippen LogP contribution >= 0.6 is 0 Å². The van der Waals surface area contributed by atoms with Crippen molar-refractivity contribution in [2.45, 2.75) is 64.3 Å². The average molecular weight is 463 g/mol. The lowest BCUT2D eigenvalue weighted by atomic mass is 9.35. The average Bonchev–Trinajstić information content (AvgIpc) is 3.34.